The molecule has 0 saturated carbocycles. The van der Waals surface area contributed by atoms with Gasteiger partial charge in [0, 0.05) is 5.38 Å². The SMILES string of the molecule is COC(=O)CN(c1csc(-c2ccccc2)c1Cl)S(N)(=O)=O. The molecule has 0 amide bonds. The number of halogens is 1. The average Bonchev–Trinajstić information content (AvgIpc) is 2.85. The summed E-state index contributed by atoms with van der Waals surface area (Å²) < 4.78 is 28.7. The van der Waals surface area contributed by atoms with E-state index in [1.54, 1.807) is 0 Å². The number of esters is 1. The van der Waals surface area contributed by atoms with Crippen molar-refractivity contribution in [2.24, 2.45) is 5.14 Å². The van der Waals surface area contributed by atoms with E-state index in [4.69, 9.17) is 16.7 Å². The molecule has 6 nitrogen and oxygen atoms in total. The fraction of sp³-hybridized carbons (Fsp3) is 0.154. The van der Waals surface area contributed by atoms with Gasteiger partial charge in [-0.3, -0.25) is 4.79 Å². The minimum Gasteiger partial charge on any atom is -0.468 e. The number of methoxy groups -OCH3 is 1. The monoisotopic (exact) mass is 360 g/mol. The van der Waals surface area contributed by atoms with Gasteiger partial charge >= 0.3 is 5.97 Å². The maximum atomic E-state index is 11.7. The van der Waals surface area contributed by atoms with Gasteiger partial charge < -0.3 is 4.74 Å². The number of ether oxygens (including phenoxy) is 1. The van der Waals surface area contributed by atoms with Crippen molar-refractivity contribution in [2.45, 2.75) is 0 Å². The van der Waals surface area contributed by atoms with E-state index in [1.807, 2.05) is 30.3 Å². The molecule has 0 bridgehead atoms. The molecule has 118 valence electrons. The van der Waals surface area contributed by atoms with Gasteiger partial charge in [-0.15, -0.1) is 11.3 Å². The lowest BCUT2D eigenvalue weighted by Gasteiger charge is -2.19. The summed E-state index contributed by atoms with van der Waals surface area (Å²) in [5.74, 6) is -0.738. The van der Waals surface area contributed by atoms with Crippen molar-refractivity contribution in [1.82, 2.24) is 0 Å². The van der Waals surface area contributed by atoms with E-state index in [9.17, 15) is 13.2 Å². The molecule has 2 rings (SSSR count). The van der Waals surface area contributed by atoms with Crippen LogP contribution < -0.4 is 9.44 Å². The van der Waals surface area contributed by atoms with Gasteiger partial charge in [-0.05, 0) is 5.56 Å². The van der Waals surface area contributed by atoms with Crippen LogP contribution in [0.1, 0.15) is 0 Å². The highest BCUT2D eigenvalue weighted by Gasteiger charge is 2.26. The van der Waals surface area contributed by atoms with Crippen LogP contribution in [-0.2, 0) is 19.7 Å². The van der Waals surface area contributed by atoms with Crippen molar-refractivity contribution in [3.05, 3.63) is 40.7 Å². The van der Waals surface area contributed by atoms with Crippen LogP contribution in [0.3, 0.4) is 0 Å². The number of nitrogens with two attached hydrogens (primary N) is 1. The second kappa shape index (κ2) is 6.66. The van der Waals surface area contributed by atoms with Crippen LogP contribution in [0.25, 0.3) is 10.4 Å². The van der Waals surface area contributed by atoms with Crippen molar-refractivity contribution >= 4 is 44.8 Å². The first-order valence-corrected chi connectivity index (χ1v) is 8.80. The highest BCUT2D eigenvalue weighted by atomic mass is 35.5. The highest BCUT2D eigenvalue weighted by Crippen LogP contribution is 2.42. The molecule has 1 aromatic carbocycles. The minimum absolute atomic E-state index is 0.151. The Balaban J connectivity index is 2.46. The summed E-state index contributed by atoms with van der Waals surface area (Å²) in [5, 5.41) is 6.92. The first-order chi connectivity index (χ1) is 10.3. The maximum Gasteiger partial charge on any atom is 0.326 e. The molecule has 0 unspecified atom stereocenters. The summed E-state index contributed by atoms with van der Waals surface area (Å²) in [7, 11) is -3.00. The van der Waals surface area contributed by atoms with Crippen molar-refractivity contribution in [2.75, 3.05) is 18.0 Å². The van der Waals surface area contributed by atoms with E-state index < -0.39 is 22.7 Å². The standard InChI is InChI=1S/C13H13ClN2O4S2/c1-20-11(17)7-16(22(15,18)19)10-8-21-13(12(10)14)9-5-3-2-4-6-9/h2-6,8H,7H2,1H3,(H2,15,18,19). The van der Waals surface area contributed by atoms with E-state index in [2.05, 4.69) is 4.74 Å². The fourth-order valence-corrected chi connectivity index (χ4v) is 4.02. The summed E-state index contributed by atoms with van der Waals surface area (Å²) in [5.41, 5.74) is 0.995. The Bertz CT molecular complexity index is 775. The zero-order chi connectivity index (χ0) is 16.3. The summed E-state index contributed by atoms with van der Waals surface area (Å²) >= 11 is 7.55. The molecule has 0 aliphatic heterocycles. The quantitative estimate of drug-likeness (QED) is 0.828. The average molecular weight is 361 g/mol. The molecule has 0 saturated heterocycles. The van der Waals surface area contributed by atoms with Gasteiger partial charge in [0.1, 0.15) is 6.54 Å². The Morgan fingerprint density at radius 1 is 1.36 bits per heavy atom. The maximum absolute atomic E-state index is 11.7. The van der Waals surface area contributed by atoms with Crippen LogP contribution in [-0.4, -0.2) is 28.0 Å². The zero-order valence-corrected chi connectivity index (χ0v) is 13.9. The summed E-state index contributed by atoms with van der Waals surface area (Å²) in [6.45, 7) is -0.542. The molecule has 0 fully saturated rings. The number of carbonyl (C=O) groups is 1. The molecule has 1 heterocycles. The first kappa shape index (κ1) is 16.8. The van der Waals surface area contributed by atoms with Gasteiger partial charge in [0.05, 0.1) is 22.7 Å². The summed E-state index contributed by atoms with van der Waals surface area (Å²) in [6, 6.07) is 9.25. The Morgan fingerprint density at radius 2 is 2.00 bits per heavy atom. The lowest BCUT2D eigenvalue weighted by Crippen LogP contribution is -2.40. The van der Waals surface area contributed by atoms with E-state index in [0.29, 0.717) is 4.88 Å². The van der Waals surface area contributed by atoms with E-state index in [-0.39, 0.29) is 10.7 Å². The number of rotatable bonds is 5. The molecule has 0 aliphatic rings. The number of anilines is 1. The van der Waals surface area contributed by atoms with Gasteiger partial charge in [0.25, 0.3) is 10.2 Å². The van der Waals surface area contributed by atoms with E-state index in [1.165, 1.54) is 16.7 Å². The predicted octanol–water partition coefficient (Wildman–Crippen LogP) is 2.25. The third kappa shape index (κ3) is 3.58. The number of carbonyl (C=O) groups excluding carboxylic acids is 1. The molecule has 1 aromatic heterocycles. The molecular formula is C13H13ClN2O4S2. The van der Waals surface area contributed by atoms with Crippen LogP contribution >= 0.6 is 22.9 Å². The minimum atomic E-state index is -4.16. The number of hydrogen-bond acceptors (Lipinski definition) is 5. The molecule has 2 aromatic rings. The molecule has 0 spiro atoms. The van der Waals surface area contributed by atoms with Gasteiger partial charge in [0.15, 0.2) is 0 Å². The smallest absolute Gasteiger partial charge is 0.326 e. The van der Waals surface area contributed by atoms with Gasteiger partial charge in [0.2, 0.25) is 0 Å². The Hall–Kier alpha value is -1.61. The van der Waals surface area contributed by atoms with E-state index in [0.717, 1.165) is 17.0 Å². The number of thiophene rings is 1. The van der Waals surface area contributed by atoms with Crippen molar-refractivity contribution < 1.29 is 17.9 Å². The summed E-state index contributed by atoms with van der Waals surface area (Å²) in [4.78, 5) is 12.1. The summed E-state index contributed by atoms with van der Waals surface area (Å²) in [6.07, 6.45) is 0. The second-order valence-electron chi connectivity index (χ2n) is 4.26. The third-order valence-corrected chi connectivity index (χ3v) is 5.28. The van der Waals surface area contributed by atoms with Crippen LogP contribution in [0.5, 0.6) is 0 Å². The highest BCUT2D eigenvalue weighted by molar-refractivity contribution is 7.90. The largest absolute Gasteiger partial charge is 0.468 e. The predicted molar refractivity (Wildman–Crippen MR) is 87.2 cm³/mol. The van der Waals surface area contributed by atoms with Crippen LogP contribution in [0, 0.1) is 0 Å². The molecule has 22 heavy (non-hydrogen) atoms. The normalized spacial score (nSPS) is 11.2. The van der Waals surface area contributed by atoms with Crippen molar-refractivity contribution in [1.29, 1.82) is 0 Å². The number of nitrogens with zero attached hydrogens (tertiary/aromatic N) is 1. The Kier molecular flexibility index (Phi) is 5.07. The lowest BCUT2D eigenvalue weighted by atomic mass is 10.2. The number of hydrogen-bond donors (Lipinski definition) is 1. The van der Waals surface area contributed by atoms with Crippen molar-refractivity contribution in [3.63, 3.8) is 0 Å². The molecule has 2 N–H and O–H groups in total. The van der Waals surface area contributed by atoms with Crippen molar-refractivity contribution in [3.8, 4) is 10.4 Å². The third-order valence-electron chi connectivity index (χ3n) is 2.82. The van der Waals surface area contributed by atoms with E-state index >= 15 is 0 Å². The molecule has 0 atom stereocenters. The van der Waals surface area contributed by atoms with Crippen LogP contribution in [0.15, 0.2) is 35.7 Å². The Labute approximate surface area is 137 Å². The molecule has 0 aliphatic carbocycles. The fourth-order valence-electron chi connectivity index (χ4n) is 1.78. The van der Waals surface area contributed by atoms with Gasteiger partial charge in [-0.25, -0.2) is 9.44 Å². The topological polar surface area (TPSA) is 89.7 Å². The molecular weight excluding hydrogens is 348 g/mol. The number of benzene rings is 1. The molecule has 9 heteroatoms. The molecule has 0 radical (unpaired) electrons. The first-order valence-electron chi connectivity index (χ1n) is 6.04. The van der Waals surface area contributed by atoms with Gasteiger partial charge in [-0.2, -0.15) is 8.42 Å². The zero-order valence-electron chi connectivity index (χ0n) is 11.5. The Morgan fingerprint density at radius 3 is 2.55 bits per heavy atom. The van der Waals surface area contributed by atoms with Crippen LogP contribution in [0.2, 0.25) is 5.02 Å². The lowest BCUT2D eigenvalue weighted by molar-refractivity contribution is -0.138. The second-order valence-corrected chi connectivity index (χ2v) is 6.99. The van der Waals surface area contributed by atoms with Gasteiger partial charge in [-0.1, -0.05) is 41.9 Å². The van der Waals surface area contributed by atoms with Crippen LogP contribution in [0.4, 0.5) is 5.69 Å².